The van der Waals surface area contributed by atoms with E-state index in [1.165, 1.54) is 12.1 Å². The molecular weight excluding hydrogens is 328 g/mol. The molecule has 2 aromatic rings. The van der Waals surface area contributed by atoms with E-state index in [0.29, 0.717) is 0 Å². The van der Waals surface area contributed by atoms with E-state index in [1.54, 1.807) is 12.1 Å². The van der Waals surface area contributed by atoms with Crippen LogP contribution in [0.15, 0.2) is 45.9 Å². The number of nitrogens with two attached hydrogens (primary N) is 1. The van der Waals surface area contributed by atoms with Gasteiger partial charge < -0.3 is 9.25 Å². The van der Waals surface area contributed by atoms with E-state index < -0.39 is 38.7 Å². The third-order valence-electron chi connectivity index (χ3n) is 2.99. The van der Waals surface area contributed by atoms with Crippen LogP contribution in [-0.2, 0) is 14.9 Å². The fourth-order valence-electron chi connectivity index (χ4n) is 1.96. The summed E-state index contributed by atoms with van der Waals surface area (Å²) in [4.78, 5) is 40.6. The van der Waals surface area contributed by atoms with Crippen molar-refractivity contribution in [1.29, 1.82) is 0 Å². The fourth-order valence-corrected chi connectivity index (χ4v) is 2.42. The van der Waals surface area contributed by atoms with Crippen LogP contribution < -0.4 is 5.14 Å². The minimum absolute atomic E-state index is 0.0926. The first kappa shape index (κ1) is 14.9. The Morgan fingerprint density at radius 1 is 1.04 bits per heavy atom. The second-order valence-corrected chi connectivity index (χ2v) is 5.99. The van der Waals surface area contributed by atoms with E-state index >= 15 is 0 Å². The van der Waals surface area contributed by atoms with Gasteiger partial charge in [-0.15, -0.1) is 0 Å². The summed E-state index contributed by atoms with van der Waals surface area (Å²) in [5, 5.41) is 4.48. The normalized spacial score (nSPS) is 14.0. The number of rotatable bonds is 3. The van der Waals surface area contributed by atoms with E-state index in [2.05, 4.69) is 0 Å². The van der Waals surface area contributed by atoms with Crippen LogP contribution in [0.1, 0.15) is 31.3 Å². The van der Waals surface area contributed by atoms with Gasteiger partial charge in [-0.25, -0.2) is 18.4 Å². The van der Waals surface area contributed by atoms with Crippen molar-refractivity contribution in [2.24, 2.45) is 5.14 Å². The van der Waals surface area contributed by atoms with Crippen LogP contribution in [0.2, 0.25) is 0 Å². The Bertz CT molecular complexity index is 910. The molecule has 1 aromatic heterocycles. The molecule has 0 bridgehead atoms. The molecule has 0 saturated heterocycles. The lowest BCUT2D eigenvalue weighted by Gasteiger charge is -2.11. The zero-order valence-electron chi connectivity index (χ0n) is 11.3. The lowest BCUT2D eigenvalue weighted by atomic mass is 10.1. The molecule has 118 valence electrons. The highest BCUT2D eigenvalue weighted by Crippen LogP contribution is 2.23. The van der Waals surface area contributed by atoms with Gasteiger partial charge in [0.15, 0.2) is 0 Å². The van der Waals surface area contributed by atoms with Crippen molar-refractivity contribution in [2.75, 3.05) is 0 Å². The molecule has 1 aliphatic heterocycles. The van der Waals surface area contributed by atoms with Gasteiger partial charge in [0.2, 0.25) is 10.9 Å². The average Bonchev–Trinajstić information content (AvgIpc) is 3.08. The third kappa shape index (κ3) is 2.49. The van der Waals surface area contributed by atoms with Gasteiger partial charge >= 0.3 is 5.97 Å². The SMILES string of the molecule is NS(=O)(=O)c1ccc(C(=O)ON2C(=O)c3ccccc3C2=O)o1. The largest absolute Gasteiger partial charge is 0.436 e. The molecular formula is C13H8N2O7S. The Morgan fingerprint density at radius 2 is 1.61 bits per heavy atom. The molecule has 9 nitrogen and oxygen atoms in total. The number of primary sulfonamides is 1. The number of nitrogens with zero attached hydrogens (tertiary/aromatic N) is 1. The molecule has 0 radical (unpaired) electrons. The van der Waals surface area contributed by atoms with Gasteiger partial charge in [0.25, 0.3) is 21.8 Å². The quantitative estimate of drug-likeness (QED) is 0.795. The second-order valence-electron chi connectivity index (χ2n) is 4.49. The van der Waals surface area contributed by atoms with Crippen molar-refractivity contribution in [3.8, 4) is 0 Å². The Labute approximate surface area is 129 Å². The van der Waals surface area contributed by atoms with Crippen LogP contribution in [0.25, 0.3) is 0 Å². The molecule has 2 N–H and O–H groups in total. The maximum Gasteiger partial charge on any atom is 0.399 e. The first-order valence-corrected chi connectivity index (χ1v) is 7.66. The van der Waals surface area contributed by atoms with E-state index in [0.717, 1.165) is 12.1 Å². The Hall–Kier alpha value is -2.98. The zero-order valence-corrected chi connectivity index (χ0v) is 12.1. The molecule has 0 spiro atoms. The summed E-state index contributed by atoms with van der Waals surface area (Å²) in [7, 11) is -4.13. The number of fused-ring (bicyclic) bond motifs is 1. The van der Waals surface area contributed by atoms with Gasteiger partial charge in [-0.2, -0.15) is 0 Å². The average molecular weight is 336 g/mol. The monoisotopic (exact) mass is 336 g/mol. The van der Waals surface area contributed by atoms with E-state index in [-0.39, 0.29) is 16.2 Å². The molecule has 2 heterocycles. The predicted molar refractivity (Wildman–Crippen MR) is 72.4 cm³/mol. The number of furan rings is 1. The van der Waals surface area contributed by atoms with Crippen molar-refractivity contribution in [3.05, 3.63) is 53.3 Å². The van der Waals surface area contributed by atoms with Gasteiger partial charge in [0.05, 0.1) is 11.1 Å². The van der Waals surface area contributed by atoms with Gasteiger partial charge in [0.1, 0.15) is 0 Å². The van der Waals surface area contributed by atoms with Crippen LogP contribution in [0.5, 0.6) is 0 Å². The molecule has 10 heteroatoms. The van der Waals surface area contributed by atoms with Crippen molar-refractivity contribution < 1.29 is 32.1 Å². The van der Waals surface area contributed by atoms with Crippen molar-refractivity contribution in [2.45, 2.75) is 5.09 Å². The smallest absolute Gasteiger partial charge is 0.399 e. The highest BCUT2D eigenvalue weighted by atomic mass is 32.2. The number of sulfonamides is 1. The molecule has 0 saturated carbocycles. The van der Waals surface area contributed by atoms with Crippen molar-refractivity contribution in [3.63, 3.8) is 0 Å². The van der Waals surface area contributed by atoms with Gasteiger partial charge in [-0.1, -0.05) is 17.2 Å². The van der Waals surface area contributed by atoms with Crippen LogP contribution in [0.4, 0.5) is 0 Å². The van der Waals surface area contributed by atoms with Crippen LogP contribution in [-0.4, -0.2) is 31.3 Å². The molecule has 3 rings (SSSR count). The summed E-state index contributed by atoms with van der Waals surface area (Å²) >= 11 is 0. The Balaban J connectivity index is 1.83. The van der Waals surface area contributed by atoms with E-state index in [9.17, 15) is 22.8 Å². The fraction of sp³-hybridized carbons (Fsp3) is 0. The first-order valence-electron chi connectivity index (χ1n) is 6.12. The van der Waals surface area contributed by atoms with Gasteiger partial charge in [-0.05, 0) is 24.3 Å². The minimum atomic E-state index is -4.13. The topological polar surface area (TPSA) is 137 Å². The highest BCUT2D eigenvalue weighted by molar-refractivity contribution is 7.89. The maximum absolute atomic E-state index is 12.0. The molecule has 0 aliphatic carbocycles. The number of carbonyl (C=O) groups excluding carboxylic acids is 3. The molecule has 2 amide bonds. The Morgan fingerprint density at radius 3 is 2.09 bits per heavy atom. The lowest BCUT2D eigenvalue weighted by molar-refractivity contribution is -0.0605. The second kappa shape index (κ2) is 5.04. The summed E-state index contributed by atoms with van der Waals surface area (Å²) in [5.74, 6) is -3.35. The highest BCUT2D eigenvalue weighted by Gasteiger charge is 2.39. The number of benzene rings is 1. The summed E-state index contributed by atoms with van der Waals surface area (Å²) < 4.78 is 26.9. The molecule has 0 atom stereocenters. The third-order valence-corrected chi connectivity index (χ3v) is 3.77. The molecule has 23 heavy (non-hydrogen) atoms. The van der Waals surface area contributed by atoms with Crippen molar-refractivity contribution in [1.82, 2.24) is 5.06 Å². The van der Waals surface area contributed by atoms with Crippen LogP contribution in [0.3, 0.4) is 0 Å². The summed E-state index contributed by atoms with van der Waals surface area (Å²) in [5.41, 5.74) is 0.185. The standard InChI is InChI=1S/C13H8N2O7S/c14-23(19,20)10-6-5-9(21-10)13(18)22-15-11(16)7-3-1-2-4-8(7)12(15)17/h1-6H,(H2,14,19,20). The van der Waals surface area contributed by atoms with Gasteiger partial charge in [0, 0.05) is 0 Å². The number of amides is 2. The molecule has 0 fully saturated rings. The summed E-state index contributed by atoms with van der Waals surface area (Å²) in [6.45, 7) is 0. The summed E-state index contributed by atoms with van der Waals surface area (Å²) in [6, 6.07) is 7.89. The van der Waals surface area contributed by atoms with Crippen LogP contribution in [0, 0.1) is 0 Å². The number of hydrogen-bond acceptors (Lipinski definition) is 7. The number of carbonyl (C=O) groups is 3. The number of hydroxylamine groups is 2. The Kier molecular flexibility index (Phi) is 3.27. The summed E-state index contributed by atoms with van der Waals surface area (Å²) in [6.07, 6.45) is 0. The lowest BCUT2D eigenvalue weighted by Crippen LogP contribution is -2.32. The molecule has 0 unspecified atom stereocenters. The van der Waals surface area contributed by atoms with Gasteiger partial charge in [-0.3, -0.25) is 9.59 Å². The van der Waals surface area contributed by atoms with Crippen LogP contribution >= 0.6 is 0 Å². The predicted octanol–water partition coefficient (Wildman–Crippen LogP) is 0.295. The first-order chi connectivity index (χ1) is 10.8. The van der Waals surface area contributed by atoms with Crippen molar-refractivity contribution >= 4 is 27.8 Å². The molecule has 1 aromatic carbocycles. The zero-order chi connectivity index (χ0) is 16.8. The number of hydrogen-bond donors (Lipinski definition) is 1. The maximum atomic E-state index is 12.0. The minimum Gasteiger partial charge on any atom is -0.436 e. The number of imide groups is 1. The van der Waals surface area contributed by atoms with E-state index in [4.69, 9.17) is 14.4 Å². The molecule has 1 aliphatic rings. The van der Waals surface area contributed by atoms with E-state index in [1.807, 2.05) is 0 Å².